The molecule has 0 bridgehead atoms. The minimum atomic E-state index is 1.08. The van der Waals surface area contributed by atoms with E-state index in [0.29, 0.717) is 0 Å². The fourth-order valence-corrected chi connectivity index (χ4v) is 0.167. The third-order valence-corrected chi connectivity index (χ3v) is 0.955. The summed E-state index contributed by atoms with van der Waals surface area (Å²) in [5.74, 6) is 0. The lowest BCUT2D eigenvalue weighted by Gasteiger charge is -1.92. The first kappa shape index (κ1) is 7.48. The van der Waals surface area contributed by atoms with E-state index in [2.05, 4.69) is 25.7 Å². The predicted octanol–water partition coefficient (Wildman–Crippen LogP) is 2.92. The Morgan fingerprint density at radius 1 is 1.50 bits per heavy atom. The van der Waals surface area contributed by atoms with Crippen LogP contribution in [0, 0.1) is 0 Å². The van der Waals surface area contributed by atoms with Crippen molar-refractivity contribution in [3.05, 3.63) is 24.8 Å². The summed E-state index contributed by atoms with van der Waals surface area (Å²) < 4.78 is 0. The summed E-state index contributed by atoms with van der Waals surface area (Å²) in [7, 11) is 0. The van der Waals surface area contributed by atoms with Gasteiger partial charge in [0.05, 0.1) is 0 Å². The van der Waals surface area contributed by atoms with Gasteiger partial charge in [0.25, 0.3) is 0 Å². The zero-order chi connectivity index (χ0) is 6.24. The Morgan fingerprint density at radius 3 is 1.75 bits per heavy atom. The molecule has 8 heavy (non-hydrogen) atoms. The topological polar surface area (TPSA) is 0 Å². The molecule has 0 heterocycles. The summed E-state index contributed by atoms with van der Waals surface area (Å²) in [6.45, 7) is 5.54. The van der Waals surface area contributed by atoms with Crippen molar-refractivity contribution < 1.29 is 0 Å². The molecule has 0 nitrogen and oxygen atoms in total. The van der Waals surface area contributed by atoms with Crippen molar-refractivity contribution in [1.29, 1.82) is 0 Å². The number of allylic oxidation sites excluding steroid dienone is 3. The van der Waals surface area contributed by atoms with Crippen LogP contribution < -0.4 is 0 Å². The number of hydrogen-bond donors (Lipinski definition) is 0. The van der Waals surface area contributed by atoms with Gasteiger partial charge in [-0.05, 0) is 19.3 Å². The second-order valence-corrected chi connectivity index (χ2v) is 1.75. The molecule has 1 aliphatic rings. The van der Waals surface area contributed by atoms with Crippen LogP contribution >= 0.6 is 0 Å². The quantitative estimate of drug-likeness (QED) is 0.455. The van der Waals surface area contributed by atoms with Crippen LogP contribution in [-0.2, 0) is 0 Å². The summed E-state index contributed by atoms with van der Waals surface area (Å²) in [6, 6.07) is 0. The maximum Gasteiger partial charge on any atom is -0.0316 e. The Hall–Kier alpha value is -0.520. The zero-order valence-corrected chi connectivity index (χ0v) is 5.56. The van der Waals surface area contributed by atoms with E-state index in [4.69, 9.17) is 0 Å². The van der Waals surface area contributed by atoms with E-state index in [1.54, 1.807) is 0 Å². The molecule has 0 aromatic carbocycles. The summed E-state index contributed by atoms with van der Waals surface area (Å²) in [6.07, 6.45) is 9.96. The normalized spacial score (nSPS) is 13.1. The molecule has 0 aromatic rings. The van der Waals surface area contributed by atoms with Crippen LogP contribution in [0.4, 0.5) is 0 Å². The molecule has 0 radical (unpaired) electrons. The van der Waals surface area contributed by atoms with Crippen LogP contribution in [0.3, 0.4) is 0 Å². The SMILES string of the molecule is C1=CCC1.C=CCC. The molecule has 0 heteroatoms. The second kappa shape index (κ2) is 6.48. The highest BCUT2D eigenvalue weighted by Crippen LogP contribution is 2.01. The number of hydrogen-bond acceptors (Lipinski definition) is 0. The van der Waals surface area contributed by atoms with Gasteiger partial charge in [0, 0.05) is 0 Å². The fourth-order valence-electron chi connectivity index (χ4n) is 0.167. The van der Waals surface area contributed by atoms with Crippen LogP contribution in [0.25, 0.3) is 0 Å². The van der Waals surface area contributed by atoms with E-state index >= 15 is 0 Å². The van der Waals surface area contributed by atoms with Crippen molar-refractivity contribution in [2.45, 2.75) is 26.2 Å². The average Bonchev–Trinajstić information content (AvgIpc) is 1.61. The molecule has 1 aliphatic carbocycles. The first-order valence-corrected chi connectivity index (χ1v) is 3.17. The van der Waals surface area contributed by atoms with Gasteiger partial charge >= 0.3 is 0 Å². The van der Waals surface area contributed by atoms with E-state index in [9.17, 15) is 0 Å². The Labute approximate surface area is 51.9 Å². The van der Waals surface area contributed by atoms with E-state index in [0.717, 1.165) is 6.42 Å². The lowest BCUT2D eigenvalue weighted by molar-refractivity contribution is 0.962. The van der Waals surface area contributed by atoms with Crippen molar-refractivity contribution in [2.75, 3.05) is 0 Å². The standard InChI is InChI=1S/C4H6.C4H8/c1-2-4-3-1;1-3-4-2/h1-2H,3-4H2;3H,1,4H2,2H3. The lowest BCUT2D eigenvalue weighted by Crippen LogP contribution is -1.71. The highest BCUT2D eigenvalue weighted by Gasteiger charge is 1.81. The van der Waals surface area contributed by atoms with Gasteiger partial charge in [0.1, 0.15) is 0 Å². The highest BCUT2D eigenvalue weighted by atomic mass is 13.9. The summed E-state index contributed by atoms with van der Waals surface area (Å²) >= 11 is 0. The van der Waals surface area contributed by atoms with E-state index in [1.807, 2.05) is 6.08 Å². The molecular formula is C8H14. The average molecular weight is 110 g/mol. The van der Waals surface area contributed by atoms with Gasteiger partial charge in [-0.3, -0.25) is 0 Å². The minimum Gasteiger partial charge on any atom is -0.103 e. The van der Waals surface area contributed by atoms with Crippen LogP contribution in [0.15, 0.2) is 24.8 Å². The Balaban J connectivity index is 0.000000122. The highest BCUT2D eigenvalue weighted by molar-refractivity contribution is 4.92. The molecule has 0 fully saturated rings. The Bertz CT molecular complexity index is 64.1. The smallest absolute Gasteiger partial charge is 0.0316 e. The van der Waals surface area contributed by atoms with Gasteiger partial charge in [-0.2, -0.15) is 0 Å². The molecule has 0 spiro atoms. The first-order chi connectivity index (χ1) is 3.91. The van der Waals surface area contributed by atoms with Crippen molar-refractivity contribution in [1.82, 2.24) is 0 Å². The van der Waals surface area contributed by atoms with Crippen LogP contribution in [0.2, 0.25) is 0 Å². The molecule has 0 amide bonds. The second-order valence-electron chi connectivity index (χ2n) is 1.75. The monoisotopic (exact) mass is 110 g/mol. The molecule has 0 saturated carbocycles. The molecule has 46 valence electrons. The van der Waals surface area contributed by atoms with Gasteiger partial charge in [-0.1, -0.05) is 25.2 Å². The molecule has 0 N–H and O–H groups in total. The van der Waals surface area contributed by atoms with Crippen LogP contribution in [0.1, 0.15) is 26.2 Å². The van der Waals surface area contributed by atoms with Gasteiger partial charge in [-0.15, -0.1) is 6.58 Å². The van der Waals surface area contributed by atoms with Crippen LogP contribution in [-0.4, -0.2) is 0 Å². The lowest BCUT2D eigenvalue weighted by atomic mass is 10.1. The molecule has 0 aliphatic heterocycles. The minimum absolute atomic E-state index is 1.08. The maximum absolute atomic E-state index is 3.48. The largest absolute Gasteiger partial charge is 0.103 e. The van der Waals surface area contributed by atoms with Crippen LogP contribution in [0.5, 0.6) is 0 Å². The number of rotatable bonds is 1. The molecule has 0 atom stereocenters. The van der Waals surface area contributed by atoms with Crippen molar-refractivity contribution >= 4 is 0 Å². The Morgan fingerprint density at radius 2 is 1.75 bits per heavy atom. The molecule has 0 unspecified atom stereocenters. The van der Waals surface area contributed by atoms with Gasteiger partial charge in [-0.25, -0.2) is 0 Å². The zero-order valence-electron chi connectivity index (χ0n) is 5.56. The predicted molar refractivity (Wildman–Crippen MR) is 38.9 cm³/mol. The first-order valence-electron chi connectivity index (χ1n) is 3.17. The molecule has 0 aromatic heterocycles. The summed E-state index contributed by atoms with van der Waals surface area (Å²) in [5, 5.41) is 0. The molecule has 1 rings (SSSR count). The van der Waals surface area contributed by atoms with Gasteiger partial charge < -0.3 is 0 Å². The van der Waals surface area contributed by atoms with Crippen molar-refractivity contribution in [2.24, 2.45) is 0 Å². The van der Waals surface area contributed by atoms with Crippen molar-refractivity contribution in [3.63, 3.8) is 0 Å². The third-order valence-electron chi connectivity index (χ3n) is 0.955. The Kier molecular flexibility index (Phi) is 6.06. The summed E-state index contributed by atoms with van der Waals surface area (Å²) in [5.41, 5.74) is 0. The summed E-state index contributed by atoms with van der Waals surface area (Å²) in [4.78, 5) is 0. The third kappa shape index (κ3) is 5.48. The van der Waals surface area contributed by atoms with E-state index < -0.39 is 0 Å². The molecule has 0 saturated heterocycles. The van der Waals surface area contributed by atoms with Gasteiger partial charge in [0.2, 0.25) is 0 Å². The maximum atomic E-state index is 3.48. The van der Waals surface area contributed by atoms with Gasteiger partial charge in [0.15, 0.2) is 0 Å². The fraction of sp³-hybridized carbons (Fsp3) is 0.500. The molecular weight excluding hydrogens is 96.1 g/mol. The van der Waals surface area contributed by atoms with E-state index in [1.165, 1.54) is 12.8 Å². The van der Waals surface area contributed by atoms with Crippen molar-refractivity contribution in [3.8, 4) is 0 Å². The van der Waals surface area contributed by atoms with E-state index in [-0.39, 0.29) is 0 Å².